The topological polar surface area (TPSA) is 89.8 Å². The van der Waals surface area contributed by atoms with Crippen LogP contribution in [0, 0.1) is 13.8 Å². The highest BCUT2D eigenvalue weighted by atomic mass is 16.5. The van der Waals surface area contributed by atoms with Gasteiger partial charge >= 0.3 is 0 Å². The largest absolute Gasteiger partial charge is 0.381 e. The van der Waals surface area contributed by atoms with Crippen molar-refractivity contribution >= 4 is 11.8 Å². The molecule has 0 radical (unpaired) electrons. The van der Waals surface area contributed by atoms with Crippen LogP contribution in [-0.2, 0) is 11.3 Å². The van der Waals surface area contributed by atoms with E-state index >= 15 is 0 Å². The third-order valence-electron chi connectivity index (χ3n) is 4.13. The van der Waals surface area contributed by atoms with E-state index in [2.05, 4.69) is 30.7 Å². The monoisotopic (exact) mass is 331 g/mol. The maximum absolute atomic E-state index is 5.47. The summed E-state index contributed by atoms with van der Waals surface area (Å²) in [7, 11) is 1.84. The van der Waals surface area contributed by atoms with Gasteiger partial charge in [-0.3, -0.25) is 4.68 Å². The van der Waals surface area contributed by atoms with Crippen molar-refractivity contribution in [2.24, 2.45) is 0 Å². The van der Waals surface area contributed by atoms with Crippen LogP contribution < -0.4 is 10.6 Å². The van der Waals surface area contributed by atoms with Crippen LogP contribution in [0.4, 0.5) is 11.8 Å². The number of aryl methyl sites for hydroxylation is 3. The van der Waals surface area contributed by atoms with Gasteiger partial charge in [0.2, 0.25) is 5.95 Å². The summed E-state index contributed by atoms with van der Waals surface area (Å²) in [5, 5.41) is 10.8. The number of hydrogen-bond donors (Lipinski definition) is 2. The Labute approximate surface area is 142 Å². The summed E-state index contributed by atoms with van der Waals surface area (Å²) in [5.74, 6) is 3.63. The molecule has 0 saturated carbocycles. The van der Waals surface area contributed by atoms with Crippen molar-refractivity contribution in [2.45, 2.75) is 39.2 Å². The Kier molecular flexibility index (Phi) is 5.24. The van der Waals surface area contributed by atoms with Gasteiger partial charge in [0, 0.05) is 38.7 Å². The number of nitrogens with one attached hydrogen (secondary N) is 2. The van der Waals surface area contributed by atoms with Gasteiger partial charge in [0.15, 0.2) is 0 Å². The first-order chi connectivity index (χ1) is 11.7. The second-order valence-corrected chi connectivity index (χ2v) is 6.02. The Morgan fingerprint density at radius 2 is 2.17 bits per heavy atom. The number of aromatic nitrogens is 5. The van der Waals surface area contributed by atoms with Crippen molar-refractivity contribution in [3.05, 3.63) is 23.4 Å². The Morgan fingerprint density at radius 1 is 1.29 bits per heavy atom. The number of nitrogens with zero attached hydrogens (tertiary/aromatic N) is 5. The van der Waals surface area contributed by atoms with Crippen molar-refractivity contribution in [3.63, 3.8) is 0 Å². The van der Waals surface area contributed by atoms with E-state index in [0.717, 1.165) is 62.3 Å². The van der Waals surface area contributed by atoms with Gasteiger partial charge in [-0.25, -0.2) is 9.97 Å². The fourth-order valence-electron chi connectivity index (χ4n) is 2.86. The average molecular weight is 331 g/mol. The molecule has 0 unspecified atom stereocenters. The highest BCUT2D eigenvalue weighted by Crippen LogP contribution is 2.25. The highest BCUT2D eigenvalue weighted by Gasteiger charge is 2.20. The van der Waals surface area contributed by atoms with Crippen LogP contribution in [0.5, 0.6) is 0 Å². The van der Waals surface area contributed by atoms with Crippen LogP contribution in [0.15, 0.2) is 6.07 Å². The smallest absolute Gasteiger partial charge is 0.224 e. The van der Waals surface area contributed by atoms with E-state index in [0.29, 0.717) is 11.9 Å². The summed E-state index contributed by atoms with van der Waals surface area (Å²) in [6.45, 7) is 7.10. The van der Waals surface area contributed by atoms with Gasteiger partial charge in [0.1, 0.15) is 17.5 Å². The number of ether oxygens (including phenoxy) is 1. The van der Waals surface area contributed by atoms with Crippen LogP contribution in [0.2, 0.25) is 0 Å². The summed E-state index contributed by atoms with van der Waals surface area (Å²) in [6.07, 6.45) is 1.97. The van der Waals surface area contributed by atoms with E-state index in [9.17, 15) is 0 Å². The molecule has 1 fully saturated rings. The van der Waals surface area contributed by atoms with Crippen molar-refractivity contribution in [2.75, 3.05) is 37.4 Å². The molecular weight excluding hydrogens is 306 g/mol. The molecule has 1 aliphatic heterocycles. The van der Waals surface area contributed by atoms with Gasteiger partial charge in [-0.2, -0.15) is 10.1 Å². The number of rotatable bonds is 7. The summed E-state index contributed by atoms with van der Waals surface area (Å²) >= 11 is 0. The van der Waals surface area contributed by atoms with Crippen molar-refractivity contribution < 1.29 is 4.74 Å². The van der Waals surface area contributed by atoms with Gasteiger partial charge in [0.25, 0.3) is 0 Å². The summed E-state index contributed by atoms with van der Waals surface area (Å²) in [5.41, 5.74) is 1.04. The van der Waals surface area contributed by atoms with Gasteiger partial charge in [-0.05, 0) is 26.7 Å². The molecule has 0 aliphatic carbocycles. The lowest BCUT2D eigenvalue weighted by Crippen LogP contribution is -2.12. The third kappa shape index (κ3) is 4.00. The summed E-state index contributed by atoms with van der Waals surface area (Å²) < 4.78 is 7.41. The lowest BCUT2D eigenvalue weighted by molar-refractivity contribution is 0.193. The zero-order chi connectivity index (χ0) is 16.9. The minimum atomic E-state index is 0.362. The second-order valence-electron chi connectivity index (χ2n) is 6.02. The molecular formula is C16H25N7O. The van der Waals surface area contributed by atoms with E-state index in [1.54, 1.807) is 0 Å². The molecule has 3 heterocycles. The molecule has 1 saturated heterocycles. The standard InChI is InChI=1S/C16H25N7O/c1-11-19-12(2)23(22-11)7-4-6-18-15-9-14(13-5-8-24-10-13)20-16(17-3)21-15/h9,13H,4-8,10H2,1-3H3,(H2,17,18,20,21)/t13-/m0/s1. The quantitative estimate of drug-likeness (QED) is 0.747. The molecule has 8 nitrogen and oxygen atoms in total. The van der Waals surface area contributed by atoms with Crippen molar-refractivity contribution in [3.8, 4) is 0 Å². The molecule has 130 valence electrons. The van der Waals surface area contributed by atoms with E-state index in [1.807, 2.05) is 31.6 Å². The molecule has 2 N–H and O–H groups in total. The van der Waals surface area contributed by atoms with Gasteiger partial charge in [-0.1, -0.05) is 0 Å². The summed E-state index contributed by atoms with van der Waals surface area (Å²) in [6, 6.07) is 2.03. The molecule has 2 aromatic rings. The third-order valence-corrected chi connectivity index (χ3v) is 4.13. The molecule has 2 aromatic heterocycles. The van der Waals surface area contributed by atoms with Gasteiger partial charge in [-0.15, -0.1) is 0 Å². The van der Waals surface area contributed by atoms with Crippen LogP contribution >= 0.6 is 0 Å². The fraction of sp³-hybridized carbons (Fsp3) is 0.625. The normalized spacial score (nSPS) is 17.2. The van der Waals surface area contributed by atoms with Crippen LogP contribution in [0.3, 0.4) is 0 Å². The Bertz CT molecular complexity index is 679. The fourth-order valence-corrected chi connectivity index (χ4v) is 2.86. The van der Waals surface area contributed by atoms with Crippen molar-refractivity contribution in [1.82, 2.24) is 24.7 Å². The Hall–Kier alpha value is -2.22. The first-order valence-corrected chi connectivity index (χ1v) is 8.42. The van der Waals surface area contributed by atoms with Gasteiger partial charge < -0.3 is 15.4 Å². The lowest BCUT2D eigenvalue weighted by atomic mass is 10.0. The molecule has 1 atom stereocenters. The first-order valence-electron chi connectivity index (χ1n) is 8.42. The first kappa shape index (κ1) is 16.6. The van der Waals surface area contributed by atoms with Gasteiger partial charge in [0.05, 0.1) is 12.3 Å². The van der Waals surface area contributed by atoms with E-state index in [4.69, 9.17) is 4.74 Å². The van der Waals surface area contributed by atoms with Crippen LogP contribution in [0.25, 0.3) is 0 Å². The average Bonchev–Trinajstić information content (AvgIpc) is 3.21. The molecule has 0 spiro atoms. The Balaban J connectivity index is 1.57. The molecule has 0 amide bonds. The van der Waals surface area contributed by atoms with E-state index in [1.165, 1.54) is 0 Å². The highest BCUT2D eigenvalue weighted by molar-refractivity contribution is 5.43. The summed E-state index contributed by atoms with van der Waals surface area (Å²) in [4.78, 5) is 13.4. The minimum Gasteiger partial charge on any atom is -0.381 e. The molecule has 0 aromatic carbocycles. The SMILES string of the molecule is CNc1nc(NCCCn2nc(C)nc2C)cc([C@H]2CCOC2)n1. The molecule has 8 heteroatoms. The number of anilines is 2. The van der Waals surface area contributed by atoms with Crippen LogP contribution in [-0.4, -0.2) is 51.5 Å². The second kappa shape index (κ2) is 7.57. The maximum Gasteiger partial charge on any atom is 0.224 e. The molecule has 1 aliphatic rings. The Morgan fingerprint density at radius 3 is 2.83 bits per heavy atom. The number of hydrogen-bond acceptors (Lipinski definition) is 7. The van der Waals surface area contributed by atoms with Crippen molar-refractivity contribution in [1.29, 1.82) is 0 Å². The van der Waals surface area contributed by atoms with E-state index in [-0.39, 0.29) is 0 Å². The minimum absolute atomic E-state index is 0.362. The van der Waals surface area contributed by atoms with E-state index < -0.39 is 0 Å². The lowest BCUT2D eigenvalue weighted by Gasteiger charge is -2.12. The zero-order valence-corrected chi connectivity index (χ0v) is 14.5. The molecule has 24 heavy (non-hydrogen) atoms. The molecule has 3 rings (SSSR count). The zero-order valence-electron chi connectivity index (χ0n) is 14.5. The maximum atomic E-state index is 5.47. The molecule has 0 bridgehead atoms. The van der Waals surface area contributed by atoms with Crippen LogP contribution in [0.1, 0.15) is 36.1 Å². The predicted octanol–water partition coefficient (Wildman–Crippen LogP) is 1.73. The predicted molar refractivity (Wildman–Crippen MR) is 92.4 cm³/mol.